The van der Waals surface area contributed by atoms with Crippen LogP contribution in [0.5, 0.6) is 5.75 Å². The van der Waals surface area contributed by atoms with Crippen molar-refractivity contribution < 1.29 is 33.8 Å². The molecule has 1 unspecified atom stereocenters. The fourth-order valence-corrected chi connectivity index (χ4v) is 4.99. The molecule has 0 spiro atoms. The molecular weight excluding hydrogens is 500 g/mol. The Morgan fingerprint density at radius 2 is 1.54 bits per heavy atom. The number of benzene rings is 3. The third-order valence-electron chi connectivity index (χ3n) is 6.94. The van der Waals surface area contributed by atoms with Crippen molar-refractivity contribution in [2.24, 2.45) is 0 Å². The zero-order chi connectivity index (χ0) is 27.3. The number of pyridine rings is 1. The second-order valence-electron chi connectivity index (χ2n) is 9.33. The van der Waals surface area contributed by atoms with Gasteiger partial charge in [0.25, 0.3) is 11.8 Å². The minimum Gasteiger partial charge on any atom is -0.508 e. The lowest BCUT2D eigenvalue weighted by atomic mass is 9.98. The van der Waals surface area contributed by atoms with Crippen molar-refractivity contribution in [3.63, 3.8) is 0 Å². The summed E-state index contributed by atoms with van der Waals surface area (Å²) in [6.45, 7) is 0.148. The molecule has 3 aromatic carbocycles. The van der Waals surface area contributed by atoms with Crippen LogP contribution in [0.4, 0.5) is 0 Å². The molecule has 1 aliphatic carbocycles. The van der Waals surface area contributed by atoms with E-state index >= 15 is 0 Å². The molecule has 0 saturated carbocycles. The Morgan fingerprint density at radius 3 is 2.28 bits per heavy atom. The number of phenols is 1. The van der Waals surface area contributed by atoms with Crippen LogP contribution in [-0.4, -0.2) is 57.5 Å². The van der Waals surface area contributed by atoms with Gasteiger partial charge in [-0.2, -0.15) is 0 Å². The first-order valence-electron chi connectivity index (χ1n) is 12.3. The lowest BCUT2D eigenvalue weighted by Gasteiger charge is -2.13. The van der Waals surface area contributed by atoms with Crippen molar-refractivity contribution in [2.45, 2.75) is 12.3 Å². The van der Waals surface area contributed by atoms with Crippen molar-refractivity contribution in [1.82, 2.24) is 9.88 Å². The highest BCUT2D eigenvalue weighted by Crippen LogP contribution is 2.35. The van der Waals surface area contributed by atoms with Gasteiger partial charge in [0.2, 0.25) is 0 Å². The Hall–Kier alpha value is -5.18. The molecule has 2 amide bonds. The van der Waals surface area contributed by atoms with Gasteiger partial charge in [0.1, 0.15) is 11.7 Å². The van der Waals surface area contributed by atoms with Crippen LogP contribution in [0.2, 0.25) is 0 Å². The smallest absolute Gasteiger partial charge is 0.338 e. The second-order valence-corrected chi connectivity index (χ2v) is 9.33. The van der Waals surface area contributed by atoms with Gasteiger partial charge in [-0.3, -0.25) is 29.1 Å². The van der Waals surface area contributed by atoms with Gasteiger partial charge in [0, 0.05) is 23.1 Å². The monoisotopic (exact) mass is 520 g/mol. The molecule has 9 nitrogen and oxygen atoms in total. The van der Waals surface area contributed by atoms with Crippen molar-refractivity contribution in [3.8, 4) is 5.75 Å². The molecule has 4 aromatic rings. The number of ether oxygens (including phenoxy) is 1. The molecule has 1 aliphatic heterocycles. The number of imide groups is 1. The molecule has 39 heavy (non-hydrogen) atoms. The Kier molecular flexibility index (Phi) is 5.76. The van der Waals surface area contributed by atoms with Crippen LogP contribution in [0.3, 0.4) is 0 Å². The molecule has 0 radical (unpaired) electrons. The number of aromatic hydroxyl groups is 1. The van der Waals surface area contributed by atoms with E-state index in [1.807, 2.05) is 0 Å². The number of Topliss-reactive ketones (excluding diaryl/α,β-unsaturated/α-hetero) is 2. The molecule has 1 aromatic heterocycles. The number of ketones is 2. The predicted octanol–water partition coefficient (Wildman–Crippen LogP) is 3.95. The van der Waals surface area contributed by atoms with Crippen LogP contribution >= 0.6 is 0 Å². The predicted molar refractivity (Wildman–Crippen MR) is 138 cm³/mol. The zero-order valence-electron chi connectivity index (χ0n) is 20.4. The third-order valence-corrected chi connectivity index (χ3v) is 6.94. The highest BCUT2D eigenvalue weighted by molar-refractivity contribution is 6.29. The molecule has 1 atom stereocenters. The van der Waals surface area contributed by atoms with Crippen LogP contribution < -0.4 is 0 Å². The maximum Gasteiger partial charge on any atom is 0.338 e. The minimum absolute atomic E-state index is 0.0173. The molecule has 0 saturated heterocycles. The summed E-state index contributed by atoms with van der Waals surface area (Å²) < 4.78 is 5.34. The van der Waals surface area contributed by atoms with Gasteiger partial charge in [-0.15, -0.1) is 0 Å². The Bertz CT molecular complexity index is 1710. The number of fused-ring (bicyclic) bond motifs is 3. The normalized spacial score (nSPS) is 16.1. The van der Waals surface area contributed by atoms with Gasteiger partial charge < -0.3 is 9.84 Å². The summed E-state index contributed by atoms with van der Waals surface area (Å²) >= 11 is 0. The van der Waals surface area contributed by atoms with Crippen molar-refractivity contribution >= 4 is 40.3 Å². The zero-order valence-corrected chi connectivity index (χ0v) is 20.4. The molecule has 6 rings (SSSR count). The average Bonchev–Trinajstić information content (AvgIpc) is 3.34. The SMILES string of the molecule is O=C(OCCCN1C(=O)c2ccccc2C1=O)c1ccc2nc(C3C(=O)c4ccc(O)cc4C3=O)ccc2c1. The van der Waals surface area contributed by atoms with E-state index in [1.54, 1.807) is 48.5 Å². The number of amides is 2. The van der Waals surface area contributed by atoms with Crippen LogP contribution in [0.25, 0.3) is 10.9 Å². The van der Waals surface area contributed by atoms with Gasteiger partial charge in [-0.25, -0.2) is 4.79 Å². The molecule has 2 aliphatic rings. The largest absolute Gasteiger partial charge is 0.508 e. The quantitative estimate of drug-likeness (QED) is 0.175. The average molecular weight is 520 g/mol. The number of hydrogen-bond donors (Lipinski definition) is 1. The Morgan fingerprint density at radius 1 is 0.821 bits per heavy atom. The molecular formula is C30H20N2O7. The second kappa shape index (κ2) is 9.29. The Labute approximate surface area is 221 Å². The van der Waals surface area contributed by atoms with Crippen LogP contribution in [0, 0.1) is 0 Å². The first-order chi connectivity index (χ1) is 18.8. The molecule has 0 bridgehead atoms. The molecule has 192 valence electrons. The summed E-state index contributed by atoms with van der Waals surface area (Å²) in [4.78, 5) is 68.9. The number of aromatic nitrogens is 1. The van der Waals surface area contributed by atoms with E-state index in [-0.39, 0.29) is 58.9 Å². The van der Waals surface area contributed by atoms with E-state index in [0.29, 0.717) is 28.5 Å². The number of carbonyl (C=O) groups is 5. The van der Waals surface area contributed by atoms with Crippen molar-refractivity contribution in [2.75, 3.05) is 13.2 Å². The molecule has 1 N–H and O–H groups in total. The number of nitrogens with zero attached hydrogens (tertiary/aromatic N) is 2. The lowest BCUT2D eigenvalue weighted by molar-refractivity contribution is 0.0482. The first kappa shape index (κ1) is 24.2. The number of rotatable bonds is 6. The number of hydrogen-bond acceptors (Lipinski definition) is 8. The van der Waals surface area contributed by atoms with E-state index in [4.69, 9.17) is 4.74 Å². The van der Waals surface area contributed by atoms with E-state index in [0.717, 1.165) is 4.90 Å². The summed E-state index contributed by atoms with van der Waals surface area (Å²) in [5.74, 6) is -3.25. The third kappa shape index (κ3) is 4.04. The van der Waals surface area contributed by atoms with E-state index in [1.165, 1.54) is 24.3 Å². The highest BCUT2D eigenvalue weighted by atomic mass is 16.5. The van der Waals surface area contributed by atoms with Crippen LogP contribution in [0.1, 0.15) is 69.8 Å². The maximum absolute atomic E-state index is 12.9. The van der Waals surface area contributed by atoms with Crippen LogP contribution in [0.15, 0.2) is 72.8 Å². The topological polar surface area (TPSA) is 131 Å². The summed E-state index contributed by atoms with van der Waals surface area (Å²) in [6, 6.07) is 18.7. The highest BCUT2D eigenvalue weighted by Gasteiger charge is 2.40. The number of phenolic OH excluding ortho intramolecular Hbond substituents is 1. The minimum atomic E-state index is -1.09. The van der Waals surface area contributed by atoms with Crippen LogP contribution in [-0.2, 0) is 4.74 Å². The van der Waals surface area contributed by atoms with Gasteiger partial charge >= 0.3 is 5.97 Å². The molecule has 2 heterocycles. The summed E-state index contributed by atoms with van der Waals surface area (Å²) in [5.41, 5.74) is 2.24. The summed E-state index contributed by atoms with van der Waals surface area (Å²) in [5, 5.41) is 10.3. The van der Waals surface area contributed by atoms with E-state index < -0.39 is 17.7 Å². The molecule has 0 fully saturated rings. The first-order valence-corrected chi connectivity index (χ1v) is 12.3. The fourth-order valence-electron chi connectivity index (χ4n) is 4.99. The number of carbonyl (C=O) groups excluding carboxylic acids is 5. The lowest BCUT2D eigenvalue weighted by Crippen LogP contribution is -2.31. The van der Waals surface area contributed by atoms with Gasteiger partial charge in [-0.05, 0) is 61.0 Å². The number of esters is 1. The van der Waals surface area contributed by atoms with E-state index in [9.17, 15) is 29.1 Å². The molecule has 9 heteroatoms. The maximum atomic E-state index is 12.9. The van der Waals surface area contributed by atoms with Crippen molar-refractivity contribution in [3.05, 3.63) is 106 Å². The van der Waals surface area contributed by atoms with Gasteiger partial charge in [-0.1, -0.05) is 18.2 Å². The van der Waals surface area contributed by atoms with Gasteiger partial charge in [0.05, 0.1) is 34.5 Å². The Balaban J connectivity index is 1.10. The van der Waals surface area contributed by atoms with E-state index in [2.05, 4.69) is 4.98 Å². The summed E-state index contributed by atoms with van der Waals surface area (Å²) in [6.07, 6.45) is 0.291. The summed E-state index contributed by atoms with van der Waals surface area (Å²) in [7, 11) is 0. The fraction of sp³-hybridized carbons (Fsp3) is 0.133. The van der Waals surface area contributed by atoms with Gasteiger partial charge in [0.15, 0.2) is 11.6 Å². The van der Waals surface area contributed by atoms with Crippen molar-refractivity contribution in [1.29, 1.82) is 0 Å². The standard InChI is InChI=1S/C30H20N2O7/c33-18-8-9-19-22(15-18)27(35)25(26(19)34)24-11-6-16-14-17(7-10-23(16)31-24)30(38)39-13-3-12-32-28(36)20-4-1-2-5-21(20)29(32)37/h1-2,4-11,14-15,25,33H,3,12-13H2.